The fourth-order valence-electron chi connectivity index (χ4n) is 7.93. The maximum Gasteiger partial charge on any atom is 0.305 e. The normalized spacial score (nSPS) is 22.8. The average molecular weight is 967 g/mol. The average Bonchev–Trinajstić information content (AvgIpc) is 3.29. The van der Waals surface area contributed by atoms with E-state index >= 15 is 0 Å². The summed E-state index contributed by atoms with van der Waals surface area (Å²) in [7, 11) is 0. The SMILES string of the molecule is CC1=C(/C=C/C(C)=C/C=C/C(C)=C/C=C/C=C(C)/C=C/C=C(C)/C=C/C=C(C)/C=C/C(=O)C(C)(C)O[C@@H]2O[C@H](COC(=O)CCCCCCCCCCCC(C)C)[C@@H](O)[C@H](O)[C@H]2O)C(C)(C)CCC1=O. The van der Waals surface area contributed by atoms with Crippen LogP contribution in [0.15, 0.2) is 142 Å². The number of Topliss-reactive ketones (excluding diaryl/α,β-unsaturated/α-hetero) is 1. The van der Waals surface area contributed by atoms with Gasteiger partial charge in [0.2, 0.25) is 0 Å². The molecular weight excluding hydrogens is 877 g/mol. The molecule has 0 unspecified atom stereocenters. The van der Waals surface area contributed by atoms with E-state index in [4.69, 9.17) is 14.2 Å². The van der Waals surface area contributed by atoms with Gasteiger partial charge in [-0.3, -0.25) is 14.4 Å². The van der Waals surface area contributed by atoms with Gasteiger partial charge in [-0.2, -0.15) is 0 Å². The summed E-state index contributed by atoms with van der Waals surface area (Å²) in [5.74, 6) is 0.199. The molecule has 0 bridgehead atoms. The van der Waals surface area contributed by atoms with E-state index in [1.165, 1.54) is 58.4 Å². The molecule has 5 atom stereocenters. The van der Waals surface area contributed by atoms with Crippen LogP contribution in [0.25, 0.3) is 0 Å². The van der Waals surface area contributed by atoms with Gasteiger partial charge in [-0.25, -0.2) is 0 Å². The smallest absolute Gasteiger partial charge is 0.305 e. The second-order valence-electron chi connectivity index (χ2n) is 20.8. The summed E-state index contributed by atoms with van der Waals surface area (Å²) in [6, 6.07) is 0. The Morgan fingerprint density at radius 1 is 0.671 bits per heavy atom. The second-order valence-corrected chi connectivity index (χ2v) is 20.8. The molecule has 1 heterocycles. The van der Waals surface area contributed by atoms with Crippen LogP contribution in [-0.2, 0) is 28.6 Å². The van der Waals surface area contributed by atoms with Crippen molar-refractivity contribution in [3.8, 4) is 0 Å². The number of unbranched alkanes of at least 4 members (excludes halogenated alkanes) is 8. The number of ether oxygens (including phenoxy) is 3. The standard InChI is InChI=1S/C61H90O9/c1-44(2)27-20-18-16-14-13-15-17-19-21-36-55(64)68-43-53-56(65)57(66)58(67)59(69-53)70-61(11,12)54(63)40-38-49(7)35-26-33-47(5)32-24-30-45(3)28-22-23-29-46(4)31-25-34-48(6)37-39-51-50(8)52(62)41-42-60(51,9)10/h22-26,28-35,37-40,44,53,56-59,65-67H,13-21,27,36,41-43H2,1-12H3/b23-22+,30-24+,31-25+,33-26+,39-37+,40-38+,45-28+,46-29+,47-32+,48-34+,49-35+/t53-,56-,57+,58-,59+/m1/s1. The summed E-state index contributed by atoms with van der Waals surface area (Å²) in [6.45, 7) is 23.7. The molecule has 0 spiro atoms. The predicted octanol–water partition coefficient (Wildman–Crippen LogP) is 13.4. The Labute approximate surface area is 423 Å². The first-order valence-corrected chi connectivity index (χ1v) is 25.8. The monoisotopic (exact) mass is 967 g/mol. The molecule has 388 valence electrons. The third-order valence-corrected chi connectivity index (χ3v) is 12.8. The highest BCUT2D eigenvalue weighted by molar-refractivity contribution is 5.97. The zero-order chi connectivity index (χ0) is 52.3. The number of carbonyl (C=O) groups is 3. The number of rotatable bonds is 29. The molecule has 9 nitrogen and oxygen atoms in total. The van der Waals surface area contributed by atoms with E-state index in [9.17, 15) is 29.7 Å². The molecule has 0 aromatic heterocycles. The minimum Gasteiger partial charge on any atom is -0.463 e. The number of aliphatic hydroxyl groups is 3. The Hall–Kier alpha value is -4.51. The van der Waals surface area contributed by atoms with Crippen LogP contribution >= 0.6 is 0 Å². The van der Waals surface area contributed by atoms with Crippen molar-refractivity contribution < 1.29 is 43.9 Å². The van der Waals surface area contributed by atoms with Crippen molar-refractivity contribution in [2.45, 2.75) is 203 Å². The third-order valence-electron chi connectivity index (χ3n) is 12.8. The van der Waals surface area contributed by atoms with Crippen LogP contribution in [0.3, 0.4) is 0 Å². The van der Waals surface area contributed by atoms with Crippen molar-refractivity contribution in [2.75, 3.05) is 6.61 Å². The van der Waals surface area contributed by atoms with Crippen LogP contribution in [0.2, 0.25) is 0 Å². The summed E-state index contributed by atoms with van der Waals surface area (Å²) >= 11 is 0. The molecule has 1 fully saturated rings. The van der Waals surface area contributed by atoms with Gasteiger partial charge in [0.05, 0.1) is 0 Å². The molecule has 0 saturated carbocycles. The van der Waals surface area contributed by atoms with E-state index in [1.54, 1.807) is 6.08 Å². The van der Waals surface area contributed by atoms with E-state index in [0.717, 1.165) is 70.6 Å². The van der Waals surface area contributed by atoms with Crippen molar-refractivity contribution in [3.05, 3.63) is 142 Å². The predicted molar refractivity (Wildman–Crippen MR) is 288 cm³/mol. The fraction of sp³-hybridized carbons (Fsp3) is 0.557. The number of ketones is 2. The molecule has 0 amide bonds. The number of carbonyl (C=O) groups excluding carboxylic acids is 3. The molecule has 0 aromatic carbocycles. The molecule has 2 rings (SSSR count). The van der Waals surface area contributed by atoms with Crippen molar-refractivity contribution in [2.24, 2.45) is 11.3 Å². The van der Waals surface area contributed by atoms with Gasteiger partial charge >= 0.3 is 5.97 Å². The van der Waals surface area contributed by atoms with Gasteiger partial charge in [0, 0.05) is 12.8 Å². The van der Waals surface area contributed by atoms with Gasteiger partial charge in [-0.05, 0) is 96.8 Å². The minimum atomic E-state index is -1.64. The maximum absolute atomic E-state index is 13.2. The number of allylic oxidation sites excluding steroid dienone is 23. The summed E-state index contributed by atoms with van der Waals surface area (Å²) < 4.78 is 17.0. The molecule has 1 aliphatic heterocycles. The van der Waals surface area contributed by atoms with Gasteiger partial charge in [0.1, 0.15) is 36.6 Å². The lowest BCUT2D eigenvalue weighted by Crippen LogP contribution is -2.61. The lowest BCUT2D eigenvalue weighted by Gasteiger charge is -2.42. The zero-order valence-electron chi connectivity index (χ0n) is 45.0. The number of hydrogen-bond donors (Lipinski definition) is 3. The molecule has 2 aliphatic rings. The first kappa shape index (κ1) is 61.6. The van der Waals surface area contributed by atoms with Crippen LogP contribution < -0.4 is 0 Å². The Kier molecular flexibility index (Phi) is 28.6. The summed E-state index contributed by atoms with van der Waals surface area (Å²) in [6.07, 6.45) is 39.3. The zero-order valence-corrected chi connectivity index (χ0v) is 45.0. The molecule has 70 heavy (non-hydrogen) atoms. The van der Waals surface area contributed by atoms with Crippen LogP contribution in [0.4, 0.5) is 0 Å². The molecule has 9 heteroatoms. The van der Waals surface area contributed by atoms with E-state index in [1.807, 2.05) is 88.5 Å². The second kappa shape index (κ2) is 32.5. The molecule has 0 radical (unpaired) electrons. The quantitative estimate of drug-likeness (QED) is 0.0289. The largest absolute Gasteiger partial charge is 0.463 e. The minimum absolute atomic E-state index is 0.00872. The van der Waals surface area contributed by atoms with Crippen LogP contribution in [0, 0.1) is 11.3 Å². The van der Waals surface area contributed by atoms with E-state index < -0.39 is 48.1 Å². The van der Waals surface area contributed by atoms with Crippen LogP contribution in [0.5, 0.6) is 0 Å². The summed E-state index contributed by atoms with van der Waals surface area (Å²) in [5.41, 5.74) is 5.76. The maximum atomic E-state index is 13.2. The molecule has 0 aromatic rings. The van der Waals surface area contributed by atoms with Gasteiger partial charge in [-0.1, -0.05) is 211 Å². The fourth-order valence-corrected chi connectivity index (χ4v) is 7.93. The van der Waals surface area contributed by atoms with Gasteiger partial charge in [0.25, 0.3) is 0 Å². The number of esters is 1. The summed E-state index contributed by atoms with van der Waals surface area (Å²) in [5, 5.41) is 31.8. The first-order valence-electron chi connectivity index (χ1n) is 25.8. The van der Waals surface area contributed by atoms with Crippen molar-refractivity contribution >= 4 is 17.5 Å². The number of aliphatic hydroxyl groups excluding tert-OH is 3. The van der Waals surface area contributed by atoms with E-state index in [2.05, 4.69) is 71.9 Å². The highest BCUT2D eigenvalue weighted by atomic mass is 16.7. The first-order chi connectivity index (χ1) is 33.0. The Morgan fingerprint density at radius 3 is 1.67 bits per heavy atom. The van der Waals surface area contributed by atoms with Crippen molar-refractivity contribution in [3.63, 3.8) is 0 Å². The lowest BCUT2D eigenvalue weighted by atomic mass is 9.72. The Bertz CT molecular complexity index is 2050. The number of hydrogen-bond acceptors (Lipinski definition) is 9. The van der Waals surface area contributed by atoms with Gasteiger partial charge < -0.3 is 29.5 Å². The molecular formula is C61H90O9. The highest BCUT2D eigenvalue weighted by Crippen LogP contribution is 2.39. The van der Waals surface area contributed by atoms with Crippen molar-refractivity contribution in [1.82, 2.24) is 0 Å². The topological polar surface area (TPSA) is 140 Å². The van der Waals surface area contributed by atoms with Gasteiger partial charge in [-0.15, -0.1) is 0 Å². The van der Waals surface area contributed by atoms with E-state index in [0.29, 0.717) is 12.8 Å². The Balaban J connectivity index is 1.81. The third kappa shape index (κ3) is 24.6. The lowest BCUT2D eigenvalue weighted by molar-refractivity contribution is -0.318. The highest BCUT2D eigenvalue weighted by Gasteiger charge is 2.47. The van der Waals surface area contributed by atoms with Crippen LogP contribution in [-0.4, -0.2) is 75.8 Å². The molecule has 1 saturated heterocycles. The molecule has 3 N–H and O–H groups in total. The van der Waals surface area contributed by atoms with E-state index in [-0.39, 0.29) is 24.2 Å². The Morgan fingerprint density at radius 2 is 1.14 bits per heavy atom. The van der Waals surface area contributed by atoms with Gasteiger partial charge in [0.15, 0.2) is 17.9 Å². The van der Waals surface area contributed by atoms with Crippen LogP contribution in [0.1, 0.15) is 167 Å². The van der Waals surface area contributed by atoms with Crippen molar-refractivity contribution in [1.29, 1.82) is 0 Å². The summed E-state index contributed by atoms with van der Waals surface area (Å²) in [4.78, 5) is 37.9. The molecule has 1 aliphatic carbocycles.